The fraction of sp³-hybridized carbons (Fsp3) is 0.895. The van der Waals surface area contributed by atoms with Crippen molar-refractivity contribution in [3.8, 4) is 0 Å². The van der Waals surface area contributed by atoms with Gasteiger partial charge in [-0.1, -0.05) is 200 Å². The molecule has 40 heavy (non-hydrogen) atoms. The van der Waals surface area contributed by atoms with Gasteiger partial charge in [0.25, 0.3) is 0 Å². The molecular formula is C38H72O2. The van der Waals surface area contributed by atoms with Crippen LogP contribution in [0.15, 0.2) is 12.2 Å². The molecule has 2 nitrogen and oxygen atoms in total. The predicted octanol–water partition coefficient (Wildman–Crippen LogP) is 13.2. The summed E-state index contributed by atoms with van der Waals surface area (Å²) in [6, 6.07) is 0. The largest absolute Gasteiger partial charge is 0.294 e. The lowest BCUT2D eigenvalue weighted by Crippen LogP contribution is -2.11. The number of unbranched alkanes of at least 4 members (excludes halogenated alkanes) is 28. The Hall–Kier alpha value is -0.920. The summed E-state index contributed by atoms with van der Waals surface area (Å²) < 4.78 is 0. The summed E-state index contributed by atoms with van der Waals surface area (Å²) in [6.45, 7) is 8.39. The Morgan fingerprint density at radius 3 is 0.700 bits per heavy atom. The van der Waals surface area contributed by atoms with Crippen molar-refractivity contribution in [3.05, 3.63) is 12.2 Å². The predicted molar refractivity (Wildman–Crippen MR) is 178 cm³/mol. The molecular weight excluding hydrogens is 488 g/mol. The third-order valence-electron chi connectivity index (χ3n) is 8.69. The maximum atomic E-state index is 12.4. The number of carbonyl (C=O) groups is 2. The number of Topliss-reactive ketones (excluding diaryl/α,β-unsaturated/α-hetero) is 2. The van der Waals surface area contributed by atoms with Gasteiger partial charge in [0, 0.05) is 12.8 Å². The second kappa shape index (κ2) is 32.6. The number of rotatable bonds is 34. The molecule has 0 aliphatic rings. The van der Waals surface area contributed by atoms with E-state index in [0.717, 1.165) is 25.7 Å². The van der Waals surface area contributed by atoms with Crippen LogP contribution < -0.4 is 0 Å². The van der Waals surface area contributed by atoms with E-state index in [1.165, 1.54) is 167 Å². The first kappa shape index (κ1) is 39.1. The summed E-state index contributed by atoms with van der Waals surface area (Å²) in [4.78, 5) is 24.7. The van der Waals surface area contributed by atoms with E-state index in [2.05, 4.69) is 20.4 Å². The monoisotopic (exact) mass is 561 g/mol. The molecule has 0 rings (SSSR count). The summed E-state index contributed by atoms with van der Waals surface area (Å²) in [5.41, 5.74) is 0.260. The molecule has 0 heterocycles. The first-order chi connectivity index (χ1) is 19.6. The lowest BCUT2D eigenvalue weighted by atomic mass is 9.98. The van der Waals surface area contributed by atoms with Crippen molar-refractivity contribution < 1.29 is 9.59 Å². The van der Waals surface area contributed by atoms with Gasteiger partial charge in [-0.3, -0.25) is 9.59 Å². The highest BCUT2D eigenvalue weighted by atomic mass is 16.1. The molecule has 0 fully saturated rings. The van der Waals surface area contributed by atoms with Crippen LogP contribution in [0.25, 0.3) is 0 Å². The molecule has 0 saturated heterocycles. The Morgan fingerprint density at radius 1 is 0.325 bits per heavy atom. The Labute approximate surface area is 252 Å². The molecule has 0 bridgehead atoms. The third-order valence-corrected chi connectivity index (χ3v) is 8.69. The van der Waals surface area contributed by atoms with Crippen LogP contribution in [0.5, 0.6) is 0 Å². The van der Waals surface area contributed by atoms with E-state index in [4.69, 9.17) is 0 Å². The van der Waals surface area contributed by atoms with Crippen LogP contribution in [0.1, 0.15) is 219 Å². The summed E-state index contributed by atoms with van der Waals surface area (Å²) in [5, 5.41) is 0. The van der Waals surface area contributed by atoms with Gasteiger partial charge in [0.05, 0.1) is 5.57 Å². The molecule has 2 heteroatoms. The Balaban J connectivity index is 3.42. The highest BCUT2D eigenvalue weighted by molar-refractivity contribution is 6.19. The fourth-order valence-electron chi connectivity index (χ4n) is 5.77. The van der Waals surface area contributed by atoms with E-state index >= 15 is 0 Å². The van der Waals surface area contributed by atoms with Crippen molar-refractivity contribution in [1.82, 2.24) is 0 Å². The second-order valence-electron chi connectivity index (χ2n) is 12.7. The van der Waals surface area contributed by atoms with Crippen molar-refractivity contribution in [2.24, 2.45) is 0 Å². The highest BCUT2D eigenvalue weighted by Gasteiger charge is 2.14. The highest BCUT2D eigenvalue weighted by Crippen LogP contribution is 2.16. The van der Waals surface area contributed by atoms with Crippen molar-refractivity contribution in [1.29, 1.82) is 0 Å². The maximum Gasteiger partial charge on any atom is 0.165 e. The number of carbonyl (C=O) groups excluding carboxylic acids is 2. The SMILES string of the molecule is C=C(C(=O)CCCCCCCCCCCCCCCCC)C(=O)CCCCCCCCCCCCCCCCC. The summed E-state index contributed by atoms with van der Waals surface area (Å²) >= 11 is 0. The average Bonchev–Trinajstić information content (AvgIpc) is 2.96. The molecule has 0 aliphatic carbocycles. The lowest BCUT2D eigenvalue weighted by molar-refractivity contribution is -0.121. The van der Waals surface area contributed by atoms with Gasteiger partial charge in [-0.05, 0) is 12.8 Å². The molecule has 0 radical (unpaired) electrons. The quantitative estimate of drug-likeness (QED) is 0.0339. The molecule has 0 amide bonds. The van der Waals surface area contributed by atoms with Crippen LogP contribution in [0.4, 0.5) is 0 Å². The average molecular weight is 561 g/mol. The van der Waals surface area contributed by atoms with Gasteiger partial charge in [0.15, 0.2) is 11.6 Å². The Morgan fingerprint density at radius 2 is 0.500 bits per heavy atom. The second-order valence-corrected chi connectivity index (χ2v) is 12.7. The molecule has 236 valence electrons. The number of ketones is 2. The summed E-state index contributed by atoms with van der Waals surface area (Å²) in [6.07, 6.45) is 40.7. The van der Waals surface area contributed by atoms with Crippen molar-refractivity contribution in [2.75, 3.05) is 0 Å². The zero-order chi connectivity index (χ0) is 29.4. The zero-order valence-electron chi connectivity index (χ0n) is 27.7. The molecule has 0 aromatic carbocycles. The third kappa shape index (κ3) is 28.6. The van der Waals surface area contributed by atoms with Crippen molar-refractivity contribution >= 4 is 11.6 Å². The van der Waals surface area contributed by atoms with Gasteiger partial charge in [0.2, 0.25) is 0 Å². The topological polar surface area (TPSA) is 34.1 Å². The Kier molecular flexibility index (Phi) is 31.8. The van der Waals surface area contributed by atoms with E-state index in [1.807, 2.05) is 0 Å². The smallest absolute Gasteiger partial charge is 0.165 e. The molecule has 0 aromatic heterocycles. The molecule has 0 aliphatic heterocycles. The first-order valence-electron chi connectivity index (χ1n) is 18.4. The minimum atomic E-state index is -0.0133. The molecule has 0 unspecified atom stereocenters. The summed E-state index contributed by atoms with van der Waals surface area (Å²) in [7, 11) is 0. The van der Waals surface area contributed by atoms with E-state index in [0.29, 0.717) is 12.8 Å². The van der Waals surface area contributed by atoms with Crippen LogP contribution in [-0.4, -0.2) is 11.6 Å². The summed E-state index contributed by atoms with van der Waals surface area (Å²) in [5.74, 6) is -0.0266. The van der Waals surface area contributed by atoms with Gasteiger partial charge in [0.1, 0.15) is 0 Å². The van der Waals surface area contributed by atoms with E-state index in [9.17, 15) is 9.59 Å². The van der Waals surface area contributed by atoms with Crippen LogP contribution in [0, 0.1) is 0 Å². The zero-order valence-corrected chi connectivity index (χ0v) is 27.7. The van der Waals surface area contributed by atoms with Crippen LogP contribution >= 0.6 is 0 Å². The first-order valence-corrected chi connectivity index (χ1v) is 18.4. The maximum absolute atomic E-state index is 12.4. The number of hydrogen-bond acceptors (Lipinski definition) is 2. The molecule has 0 saturated carbocycles. The van der Waals surface area contributed by atoms with E-state index < -0.39 is 0 Å². The van der Waals surface area contributed by atoms with Crippen LogP contribution in [-0.2, 0) is 9.59 Å². The minimum Gasteiger partial charge on any atom is -0.294 e. The van der Waals surface area contributed by atoms with E-state index in [-0.39, 0.29) is 17.1 Å². The van der Waals surface area contributed by atoms with E-state index in [1.54, 1.807) is 0 Å². The van der Waals surface area contributed by atoms with Gasteiger partial charge in [-0.25, -0.2) is 0 Å². The van der Waals surface area contributed by atoms with Crippen LogP contribution in [0.3, 0.4) is 0 Å². The standard InChI is InChI=1S/C38H72O2/c1-4-6-8-10-12-14-16-18-20-22-24-26-28-30-32-34-37(39)36(3)38(40)35-33-31-29-27-25-23-21-19-17-15-13-11-9-7-5-2/h3-35H2,1-2H3. The molecule has 0 spiro atoms. The number of allylic oxidation sites excluding steroid dienone is 1. The molecule has 0 aromatic rings. The minimum absolute atomic E-state index is 0.0133. The normalized spacial score (nSPS) is 11.2. The molecule has 0 N–H and O–H groups in total. The van der Waals surface area contributed by atoms with Gasteiger partial charge in [-0.15, -0.1) is 0 Å². The van der Waals surface area contributed by atoms with Crippen molar-refractivity contribution in [3.63, 3.8) is 0 Å². The number of hydrogen-bond donors (Lipinski definition) is 0. The van der Waals surface area contributed by atoms with Crippen LogP contribution in [0.2, 0.25) is 0 Å². The lowest BCUT2D eigenvalue weighted by Gasteiger charge is -2.06. The van der Waals surface area contributed by atoms with Gasteiger partial charge in [-0.2, -0.15) is 0 Å². The fourth-order valence-corrected chi connectivity index (χ4v) is 5.77. The van der Waals surface area contributed by atoms with Crippen molar-refractivity contribution in [2.45, 2.75) is 219 Å². The Bertz CT molecular complexity index is 516. The molecule has 0 atom stereocenters. The van der Waals surface area contributed by atoms with Gasteiger partial charge < -0.3 is 0 Å². The van der Waals surface area contributed by atoms with Gasteiger partial charge >= 0.3 is 0 Å².